The van der Waals surface area contributed by atoms with Crippen molar-refractivity contribution < 1.29 is 4.39 Å². The van der Waals surface area contributed by atoms with Gasteiger partial charge in [0.15, 0.2) is 0 Å². The molecule has 1 aromatic rings. The summed E-state index contributed by atoms with van der Waals surface area (Å²) in [6.45, 7) is 1.43. The number of aryl methyl sites for hydroxylation is 1. The molecule has 0 bridgehead atoms. The molecule has 1 N–H and O–H groups in total. The van der Waals surface area contributed by atoms with Crippen LogP contribution >= 0.6 is 0 Å². The first-order valence-electron chi connectivity index (χ1n) is 3.82. The second-order valence-corrected chi connectivity index (χ2v) is 2.45. The van der Waals surface area contributed by atoms with Crippen LogP contribution in [0.4, 0.5) is 10.3 Å². The Hall–Kier alpha value is -1.70. The molecule has 0 fully saturated rings. The highest BCUT2D eigenvalue weighted by atomic mass is 19.1. The third kappa shape index (κ3) is 2.67. The fourth-order valence-corrected chi connectivity index (χ4v) is 0.864. The van der Waals surface area contributed by atoms with Gasteiger partial charge in [0.2, 0.25) is 5.95 Å². The van der Waals surface area contributed by atoms with Gasteiger partial charge in [-0.3, -0.25) is 0 Å². The first-order valence-corrected chi connectivity index (χ1v) is 3.82. The number of alkyl halides is 1. The van der Waals surface area contributed by atoms with Crippen LogP contribution in [0.1, 0.15) is 11.4 Å². The average Bonchev–Trinajstić information content (AvgIpc) is 2.14. The molecule has 0 aliphatic rings. The molecule has 0 aromatic carbocycles. The molecule has 5 heteroatoms. The summed E-state index contributed by atoms with van der Waals surface area (Å²) in [5.74, 6) is 0.300. The van der Waals surface area contributed by atoms with Crippen LogP contribution in [-0.2, 0) is 0 Å². The van der Waals surface area contributed by atoms with Gasteiger partial charge in [-0.1, -0.05) is 0 Å². The van der Waals surface area contributed by atoms with Crippen molar-refractivity contribution in [2.24, 2.45) is 0 Å². The first-order chi connectivity index (χ1) is 6.26. The van der Waals surface area contributed by atoms with Gasteiger partial charge in [-0.25, -0.2) is 14.4 Å². The van der Waals surface area contributed by atoms with Crippen molar-refractivity contribution in [1.29, 1.82) is 5.26 Å². The normalized spacial score (nSPS) is 9.31. The quantitative estimate of drug-likeness (QED) is 0.754. The number of rotatable bonds is 3. The van der Waals surface area contributed by atoms with E-state index in [9.17, 15) is 4.39 Å². The van der Waals surface area contributed by atoms with Crippen molar-refractivity contribution in [2.75, 3.05) is 18.5 Å². The molecule has 0 radical (unpaired) electrons. The van der Waals surface area contributed by atoms with E-state index in [2.05, 4.69) is 15.3 Å². The molecule has 4 nitrogen and oxygen atoms in total. The second kappa shape index (κ2) is 4.36. The zero-order valence-electron chi connectivity index (χ0n) is 7.21. The fraction of sp³-hybridized carbons (Fsp3) is 0.375. The molecule has 1 aromatic heterocycles. The maximum atomic E-state index is 11.8. The van der Waals surface area contributed by atoms with Crippen molar-refractivity contribution in [2.45, 2.75) is 6.92 Å². The van der Waals surface area contributed by atoms with Crippen molar-refractivity contribution in [3.8, 4) is 6.07 Å². The minimum Gasteiger partial charge on any atom is -0.352 e. The predicted octanol–water partition coefficient (Wildman–Crippen LogP) is 1.04. The van der Waals surface area contributed by atoms with Gasteiger partial charge < -0.3 is 5.32 Å². The lowest BCUT2D eigenvalue weighted by molar-refractivity contribution is 0.512. The Labute approximate surface area is 75.4 Å². The summed E-state index contributed by atoms with van der Waals surface area (Å²) < 4.78 is 11.8. The van der Waals surface area contributed by atoms with Gasteiger partial charge in [0, 0.05) is 12.2 Å². The largest absolute Gasteiger partial charge is 0.352 e. The lowest BCUT2D eigenvalue weighted by atomic mass is 10.3. The van der Waals surface area contributed by atoms with Crippen molar-refractivity contribution in [3.63, 3.8) is 0 Å². The third-order valence-corrected chi connectivity index (χ3v) is 1.35. The van der Waals surface area contributed by atoms with E-state index < -0.39 is 6.67 Å². The van der Waals surface area contributed by atoms with E-state index in [-0.39, 0.29) is 12.2 Å². The lowest BCUT2D eigenvalue weighted by Gasteiger charge is -2.02. The summed E-state index contributed by atoms with van der Waals surface area (Å²) in [4.78, 5) is 7.82. The molecule has 13 heavy (non-hydrogen) atoms. The Morgan fingerprint density at radius 3 is 3.00 bits per heavy atom. The Bertz CT molecular complexity index is 331. The molecule has 0 atom stereocenters. The number of anilines is 1. The SMILES string of the molecule is Cc1cc(C#N)nc(NCCF)n1. The molecule has 0 unspecified atom stereocenters. The van der Waals surface area contributed by atoms with Gasteiger partial charge in [-0.2, -0.15) is 5.26 Å². The summed E-state index contributed by atoms with van der Waals surface area (Å²) >= 11 is 0. The molecule has 0 amide bonds. The van der Waals surface area contributed by atoms with Crippen LogP contribution < -0.4 is 5.32 Å². The van der Waals surface area contributed by atoms with Crippen LogP contribution in [0.2, 0.25) is 0 Å². The van der Waals surface area contributed by atoms with Crippen molar-refractivity contribution >= 4 is 5.95 Å². The summed E-state index contributed by atoms with van der Waals surface area (Å²) in [5.41, 5.74) is 0.974. The lowest BCUT2D eigenvalue weighted by Crippen LogP contribution is -2.08. The Balaban J connectivity index is 2.83. The minimum absolute atomic E-state index is 0.161. The van der Waals surface area contributed by atoms with Crippen LogP contribution in [0.25, 0.3) is 0 Å². The zero-order valence-corrected chi connectivity index (χ0v) is 7.21. The summed E-state index contributed by atoms with van der Waals surface area (Å²) in [6, 6.07) is 3.47. The average molecular weight is 180 g/mol. The van der Waals surface area contributed by atoms with Crippen molar-refractivity contribution in [1.82, 2.24) is 9.97 Å². The molecule has 68 valence electrons. The standard InChI is InChI=1S/C8H9FN4/c1-6-4-7(5-10)13-8(12-6)11-3-2-9/h4H,2-3H2,1H3,(H,11,12,13). The number of nitrogens with one attached hydrogen (secondary N) is 1. The minimum atomic E-state index is -0.487. The van der Waals surface area contributed by atoms with Crippen LogP contribution in [0.5, 0.6) is 0 Å². The molecular weight excluding hydrogens is 171 g/mol. The highest BCUT2D eigenvalue weighted by molar-refractivity contribution is 5.32. The number of halogens is 1. The Kier molecular flexibility index (Phi) is 3.15. The monoisotopic (exact) mass is 180 g/mol. The fourth-order valence-electron chi connectivity index (χ4n) is 0.864. The van der Waals surface area contributed by atoms with Crippen LogP contribution in [0.3, 0.4) is 0 Å². The van der Waals surface area contributed by atoms with Gasteiger partial charge in [0.05, 0.1) is 0 Å². The molecular formula is C8H9FN4. The molecule has 0 aliphatic carbocycles. The molecule has 1 heterocycles. The van der Waals surface area contributed by atoms with Gasteiger partial charge in [0.25, 0.3) is 0 Å². The molecule has 0 saturated carbocycles. The van der Waals surface area contributed by atoms with Crippen LogP contribution in [-0.4, -0.2) is 23.2 Å². The smallest absolute Gasteiger partial charge is 0.224 e. The molecule has 0 aliphatic heterocycles. The van der Waals surface area contributed by atoms with Gasteiger partial charge >= 0.3 is 0 Å². The van der Waals surface area contributed by atoms with E-state index in [1.165, 1.54) is 0 Å². The van der Waals surface area contributed by atoms with E-state index in [1.807, 2.05) is 6.07 Å². The molecule has 0 saturated heterocycles. The van der Waals surface area contributed by atoms with E-state index in [4.69, 9.17) is 5.26 Å². The summed E-state index contributed by atoms with van der Waals surface area (Å²) in [7, 11) is 0. The topological polar surface area (TPSA) is 61.6 Å². The number of nitrogens with zero attached hydrogens (tertiary/aromatic N) is 3. The highest BCUT2D eigenvalue weighted by Gasteiger charge is 1.99. The van der Waals surface area contributed by atoms with E-state index in [1.54, 1.807) is 13.0 Å². The van der Waals surface area contributed by atoms with E-state index in [0.717, 1.165) is 0 Å². The maximum Gasteiger partial charge on any atom is 0.224 e. The van der Waals surface area contributed by atoms with Gasteiger partial charge in [-0.05, 0) is 13.0 Å². The number of hydrogen-bond donors (Lipinski definition) is 1. The van der Waals surface area contributed by atoms with Crippen LogP contribution in [0, 0.1) is 18.3 Å². The number of hydrogen-bond acceptors (Lipinski definition) is 4. The van der Waals surface area contributed by atoms with E-state index >= 15 is 0 Å². The number of aromatic nitrogens is 2. The molecule has 1 rings (SSSR count). The van der Waals surface area contributed by atoms with Gasteiger partial charge in [-0.15, -0.1) is 0 Å². The van der Waals surface area contributed by atoms with Crippen LogP contribution in [0.15, 0.2) is 6.07 Å². The third-order valence-electron chi connectivity index (χ3n) is 1.35. The second-order valence-electron chi connectivity index (χ2n) is 2.45. The van der Waals surface area contributed by atoms with Gasteiger partial charge in [0.1, 0.15) is 18.4 Å². The zero-order chi connectivity index (χ0) is 9.68. The summed E-state index contributed by atoms with van der Waals surface area (Å²) in [5, 5.41) is 11.2. The molecule has 0 spiro atoms. The van der Waals surface area contributed by atoms with E-state index in [0.29, 0.717) is 11.6 Å². The maximum absolute atomic E-state index is 11.8. The number of nitriles is 1. The summed E-state index contributed by atoms with van der Waals surface area (Å²) in [6.07, 6.45) is 0. The Morgan fingerprint density at radius 1 is 1.62 bits per heavy atom. The predicted molar refractivity (Wildman–Crippen MR) is 45.9 cm³/mol. The highest BCUT2D eigenvalue weighted by Crippen LogP contribution is 2.02. The Morgan fingerprint density at radius 2 is 2.38 bits per heavy atom. The first kappa shape index (κ1) is 9.39. The van der Waals surface area contributed by atoms with Crippen molar-refractivity contribution in [3.05, 3.63) is 17.5 Å².